The molecule has 2 heterocycles. The third kappa shape index (κ3) is 2.33. The molecule has 2 rings (SSSR count). The maximum Gasteiger partial charge on any atom is 0.181 e. The van der Waals surface area contributed by atoms with Gasteiger partial charge in [0.1, 0.15) is 5.76 Å². The van der Waals surface area contributed by atoms with E-state index in [0.29, 0.717) is 6.04 Å². The monoisotopic (exact) mass is 195 g/mol. The smallest absolute Gasteiger partial charge is 0.181 e. The Balaban J connectivity index is 1.79. The minimum absolute atomic E-state index is 0.632. The van der Waals surface area contributed by atoms with Crippen LogP contribution in [-0.2, 0) is 6.54 Å². The molecular formula is C10H17N3O. The van der Waals surface area contributed by atoms with Crippen LogP contribution in [0.4, 0.5) is 0 Å². The van der Waals surface area contributed by atoms with Gasteiger partial charge < -0.3 is 15.1 Å². The highest BCUT2D eigenvalue weighted by atomic mass is 16.3. The largest absolute Gasteiger partial charge is 0.448 e. The molecule has 1 saturated heterocycles. The predicted molar refractivity (Wildman–Crippen MR) is 54.0 cm³/mol. The van der Waals surface area contributed by atoms with Crippen molar-refractivity contribution in [3.8, 4) is 0 Å². The second-order valence-electron chi connectivity index (χ2n) is 3.76. The van der Waals surface area contributed by atoms with Crippen LogP contribution in [0.2, 0.25) is 0 Å². The Morgan fingerprint density at radius 1 is 1.57 bits per heavy atom. The molecule has 0 bridgehead atoms. The predicted octanol–water partition coefficient (Wildman–Crippen LogP) is 0.825. The summed E-state index contributed by atoms with van der Waals surface area (Å²) in [4.78, 5) is 4.16. The van der Waals surface area contributed by atoms with Crippen LogP contribution in [0.1, 0.15) is 24.3 Å². The molecule has 0 aromatic carbocycles. The molecule has 78 valence electrons. The summed E-state index contributed by atoms with van der Waals surface area (Å²) in [7, 11) is 0. The molecule has 0 aliphatic carbocycles. The zero-order valence-electron chi connectivity index (χ0n) is 8.55. The quantitative estimate of drug-likeness (QED) is 0.750. The Labute approximate surface area is 84.1 Å². The van der Waals surface area contributed by atoms with Crippen molar-refractivity contribution in [3.63, 3.8) is 0 Å². The second-order valence-corrected chi connectivity index (χ2v) is 3.76. The first-order valence-corrected chi connectivity index (χ1v) is 5.19. The van der Waals surface area contributed by atoms with E-state index in [1.807, 2.05) is 6.92 Å². The molecule has 0 amide bonds. The van der Waals surface area contributed by atoms with E-state index in [9.17, 15) is 0 Å². The SMILES string of the molecule is Cc1ocnc1CNC1CCNCC1. The van der Waals surface area contributed by atoms with Crippen molar-refractivity contribution in [1.29, 1.82) is 0 Å². The Kier molecular flexibility index (Phi) is 3.16. The van der Waals surface area contributed by atoms with Gasteiger partial charge in [0.25, 0.3) is 0 Å². The van der Waals surface area contributed by atoms with E-state index in [2.05, 4.69) is 15.6 Å². The Hall–Kier alpha value is -0.870. The van der Waals surface area contributed by atoms with Gasteiger partial charge in [-0.05, 0) is 32.9 Å². The van der Waals surface area contributed by atoms with Crippen molar-refractivity contribution in [2.24, 2.45) is 0 Å². The molecule has 0 spiro atoms. The lowest BCUT2D eigenvalue weighted by Gasteiger charge is -2.23. The molecule has 0 unspecified atom stereocenters. The normalized spacial score (nSPS) is 18.6. The number of aryl methyl sites for hydroxylation is 1. The number of nitrogens with one attached hydrogen (secondary N) is 2. The standard InChI is InChI=1S/C10H17N3O/c1-8-10(13-7-14-8)6-12-9-2-4-11-5-3-9/h7,9,11-12H,2-6H2,1H3. The molecule has 4 nitrogen and oxygen atoms in total. The minimum Gasteiger partial charge on any atom is -0.448 e. The Morgan fingerprint density at radius 3 is 3.00 bits per heavy atom. The van der Waals surface area contributed by atoms with Crippen LogP contribution < -0.4 is 10.6 Å². The van der Waals surface area contributed by atoms with E-state index >= 15 is 0 Å². The van der Waals surface area contributed by atoms with Crippen molar-refractivity contribution in [1.82, 2.24) is 15.6 Å². The van der Waals surface area contributed by atoms with E-state index in [4.69, 9.17) is 4.42 Å². The van der Waals surface area contributed by atoms with Crippen molar-refractivity contribution in [2.75, 3.05) is 13.1 Å². The minimum atomic E-state index is 0.632. The molecule has 0 atom stereocenters. The van der Waals surface area contributed by atoms with Crippen LogP contribution in [0.15, 0.2) is 10.8 Å². The van der Waals surface area contributed by atoms with Crippen LogP contribution in [-0.4, -0.2) is 24.1 Å². The summed E-state index contributed by atoms with van der Waals surface area (Å²) in [5.41, 5.74) is 1.03. The van der Waals surface area contributed by atoms with E-state index in [0.717, 1.165) is 31.1 Å². The number of aromatic nitrogens is 1. The molecule has 1 aromatic rings. The highest BCUT2D eigenvalue weighted by Crippen LogP contribution is 2.07. The topological polar surface area (TPSA) is 50.1 Å². The van der Waals surface area contributed by atoms with Crippen molar-refractivity contribution in [3.05, 3.63) is 17.8 Å². The maximum absolute atomic E-state index is 5.14. The first-order chi connectivity index (χ1) is 6.86. The molecule has 1 fully saturated rings. The summed E-state index contributed by atoms with van der Waals surface area (Å²) < 4.78 is 5.14. The highest BCUT2D eigenvalue weighted by molar-refractivity contribution is 5.04. The van der Waals surface area contributed by atoms with Gasteiger partial charge in [0.15, 0.2) is 6.39 Å². The lowest BCUT2D eigenvalue weighted by atomic mass is 10.1. The van der Waals surface area contributed by atoms with E-state index in [1.165, 1.54) is 19.2 Å². The third-order valence-electron chi connectivity index (χ3n) is 2.74. The average molecular weight is 195 g/mol. The molecule has 1 aliphatic rings. The first-order valence-electron chi connectivity index (χ1n) is 5.19. The van der Waals surface area contributed by atoms with Crippen LogP contribution in [0, 0.1) is 6.92 Å². The van der Waals surface area contributed by atoms with Crippen LogP contribution >= 0.6 is 0 Å². The highest BCUT2D eigenvalue weighted by Gasteiger charge is 2.13. The van der Waals surface area contributed by atoms with Crippen molar-refractivity contribution >= 4 is 0 Å². The Morgan fingerprint density at radius 2 is 2.36 bits per heavy atom. The molecular weight excluding hydrogens is 178 g/mol. The van der Waals surface area contributed by atoms with E-state index in [-0.39, 0.29) is 0 Å². The van der Waals surface area contributed by atoms with Crippen molar-refractivity contribution < 1.29 is 4.42 Å². The molecule has 0 saturated carbocycles. The van der Waals surface area contributed by atoms with Crippen LogP contribution in [0.5, 0.6) is 0 Å². The van der Waals surface area contributed by atoms with E-state index in [1.54, 1.807) is 0 Å². The fourth-order valence-electron chi connectivity index (χ4n) is 1.77. The number of piperidine rings is 1. The number of hydrogen-bond acceptors (Lipinski definition) is 4. The Bertz CT molecular complexity index is 279. The molecule has 14 heavy (non-hydrogen) atoms. The maximum atomic E-state index is 5.14. The zero-order chi connectivity index (χ0) is 9.80. The van der Waals surface area contributed by atoms with Gasteiger partial charge in [-0.3, -0.25) is 0 Å². The number of hydrogen-bond donors (Lipinski definition) is 2. The molecule has 1 aromatic heterocycles. The number of rotatable bonds is 3. The summed E-state index contributed by atoms with van der Waals surface area (Å²) in [6, 6.07) is 0.632. The average Bonchev–Trinajstić information content (AvgIpc) is 2.63. The molecule has 4 heteroatoms. The van der Waals surface area contributed by atoms with Crippen molar-refractivity contribution in [2.45, 2.75) is 32.4 Å². The van der Waals surface area contributed by atoms with Gasteiger partial charge in [0.05, 0.1) is 5.69 Å². The van der Waals surface area contributed by atoms with Gasteiger partial charge in [-0.1, -0.05) is 0 Å². The molecule has 0 radical (unpaired) electrons. The van der Waals surface area contributed by atoms with Crippen LogP contribution in [0.3, 0.4) is 0 Å². The zero-order valence-corrected chi connectivity index (χ0v) is 8.55. The lowest BCUT2D eigenvalue weighted by molar-refractivity contribution is 0.384. The molecule has 2 N–H and O–H groups in total. The number of oxazole rings is 1. The second kappa shape index (κ2) is 4.57. The van der Waals surface area contributed by atoms with Gasteiger partial charge in [0.2, 0.25) is 0 Å². The van der Waals surface area contributed by atoms with Gasteiger partial charge in [-0.25, -0.2) is 4.98 Å². The number of nitrogens with zero attached hydrogens (tertiary/aromatic N) is 1. The third-order valence-corrected chi connectivity index (χ3v) is 2.74. The van der Waals surface area contributed by atoms with Gasteiger partial charge in [-0.15, -0.1) is 0 Å². The molecule has 1 aliphatic heterocycles. The van der Waals surface area contributed by atoms with Gasteiger partial charge >= 0.3 is 0 Å². The summed E-state index contributed by atoms with van der Waals surface area (Å²) >= 11 is 0. The van der Waals surface area contributed by atoms with Crippen LogP contribution in [0.25, 0.3) is 0 Å². The fraction of sp³-hybridized carbons (Fsp3) is 0.700. The summed E-state index contributed by atoms with van der Waals surface area (Å²) in [5, 5.41) is 6.85. The van der Waals surface area contributed by atoms with E-state index < -0.39 is 0 Å². The summed E-state index contributed by atoms with van der Waals surface area (Å²) in [5.74, 6) is 0.923. The summed E-state index contributed by atoms with van der Waals surface area (Å²) in [6.45, 7) is 5.02. The summed E-state index contributed by atoms with van der Waals surface area (Å²) in [6.07, 6.45) is 3.92. The first kappa shape index (κ1) is 9.68. The fourth-order valence-corrected chi connectivity index (χ4v) is 1.77. The van der Waals surface area contributed by atoms with Gasteiger partial charge in [-0.2, -0.15) is 0 Å². The van der Waals surface area contributed by atoms with Gasteiger partial charge in [0, 0.05) is 12.6 Å². The lowest BCUT2D eigenvalue weighted by Crippen LogP contribution is -2.39.